The molecule has 3 rings (SSSR count). The first-order chi connectivity index (χ1) is 11.1. The second kappa shape index (κ2) is 6.36. The van der Waals surface area contributed by atoms with E-state index in [2.05, 4.69) is 20.8 Å². The minimum Gasteiger partial charge on any atom is -0.497 e. The van der Waals surface area contributed by atoms with E-state index in [0.717, 1.165) is 37.1 Å². The number of ether oxygens (including phenoxy) is 1. The number of carbonyl (C=O) groups excluding carboxylic acids is 1. The van der Waals surface area contributed by atoms with Gasteiger partial charge in [-0.25, -0.2) is 0 Å². The third kappa shape index (κ3) is 3.04. The van der Waals surface area contributed by atoms with Crippen LogP contribution in [0.2, 0.25) is 0 Å². The van der Waals surface area contributed by atoms with Crippen LogP contribution in [0.5, 0.6) is 5.75 Å². The van der Waals surface area contributed by atoms with E-state index in [-0.39, 0.29) is 5.91 Å². The Morgan fingerprint density at radius 1 is 1.30 bits per heavy atom. The van der Waals surface area contributed by atoms with E-state index in [9.17, 15) is 4.79 Å². The Balaban J connectivity index is 2.05. The van der Waals surface area contributed by atoms with Crippen molar-refractivity contribution in [1.29, 1.82) is 0 Å². The summed E-state index contributed by atoms with van der Waals surface area (Å²) in [6.45, 7) is 1.54. The minimum absolute atomic E-state index is 0.0629. The molecular formula is C16H21N5O2. The summed E-state index contributed by atoms with van der Waals surface area (Å²) >= 11 is 0. The Hall–Kier alpha value is -2.44. The van der Waals surface area contributed by atoms with E-state index in [0.29, 0.717) is 5.82 Å². The summed E-state index contributed by atoms with van der Waals surface area (Å²) < 4.78 is 6.97. The fraction of sp³-hybridized carbons (Fsp3) is 0.500. The molecule has 1 fully saturated rings. The highest BCUT2D eigenvalue weighted by Gasteiger charge is 2.40. The molecule has 1 aromatic heterocycles. The van der Waals surface area contributed by atoms with Crippen LogP contribution in [0.4, 0.5) is 0 Å². The summed E-state index contributed by atoms with van der Waals surface area (Å²) in [7, 11) is 1.62. The number of nitrogens with zero attached hydrogens (tertiary/aromatic N) is 4. The summed E-state index contributed by atoms with van der Waals surface area (Å²) in [4.78, 5) is 11.8. The first kappa shape index (κ1) is 15.5. The monoisotopic (exact) mass is 315 g/mol. The van der Waals surface area contributed by atoms with Crippen LogP contribution in [-0.4, -0.2) is 33.2 Å². The largest absolute Gasteiger partial charge is 0.497 e. The van der Waals surface area contributed by atoms with Crippen molar-refractivity contribution < 1.29 is 9.53 Å². The smallest absolute Gasteiger partial charge is 0.217 e. The molecule has 1 aliphatic carbocycles. The molecule has 1 amide bonds. The number of aromatic nitrogens is 4. The zero-order valence-electron chi connectivity index (χ0n) is 13.5. The van der Waals surface area contributed by atoms with Crippen molar-refractivity contribution in [3.05, 3.63) is 30.1 Å². The van der Waals surface area contributed by atoms with Crippen LogP contribution < -0.4 is 10.1 Å². The van der Waals surface area contributed by atoms with E-state index in [1.165, 1.54) is 13.3 Å². The lowest BCUT2D eigenvalue weighted by atomic mass is 9.80. The van der Waals surface area contributed by atoms with Crippen LogP contribution in [0.3, 0.4) is 0 Å². The number of rotatable bonds is 4. The lowest BCUT2D eigenvalue weighted by Crippen LogP contribution is -2.48. The van der Waals surface area contributed by atoms with Crippen molar-refractivity contribution in [3.63, 3.8) is 0 Å². The molecule has 0 radical (unpaired) electrons. The van der Waals surface area contributed by atoms with E-state index in [1.807, 2.05) is 24.3 Å². The molecule has 0 unspecified atom stereocenters. The highest BCUT2D eigenvalue weighted by atomic mass is 16.5. The average Bonchev–Trinajstić information content (AvgIpc) is 3.05. The summed E-state index contributed by atoms with van der Waals surface area (Å²) in [6.07, 6.45) is 4.95. The van der Waals surface area contributed by atoms with E-state index in [4.69, 9.17) is 4.74 Å². The van der Waals surface area contributed by atoms with Crippen LogP contribution in [0.25, 0.3) is 5.69 Å². The molecule has 1 N–H and O–H groups in total. The second-order valence-electron chi connectivity index (χ2n) is 5.94. The fourth-order valence-electron chi connectivity index (χ4n) is 3.30. The summed E-state index contributed by atoms with van der Waals surface area (Å²) in [5, 5.41) is 15.3. The molecule has 1 aliphatic rings. The highest BCUT2D eigenvalue weighted by molar-refractivity contribution is 5.74. The van der Waals surface area contributed by atoms with Crippen molar-refractivity contribution in [3.8, 4) is 11.4 Å². The number of methoxy groups -OCH3 is 1. The number of tetrazole rings is 1. The second-order valence-corrected chi connectivity index (χ2v) is 5.94. The Labute approximate surface area is 135 Å². The highest BCUT2D eigenvalue weighted by Crippen LogP contribution is 2.36. The van der Waals surface area contributed by atoms with Crippen LogP contribution in [-0.2, 0) is 10.3 Å². The van der Waals surface area contributed by atoms with Gasteiger partial charge >= 0.3 is 0 Å². The first-order valence-electron chi connectivity index (χ1n) is 7.87. The predicted molar refractivity (Wildman–Crippen MR) is 84.3 cm³/mol. The van der Waals surface area contributed by atoms with Gasteiger partial charge in [0.1, 0.15) is 11.3 Å². The van der Waals surface area contributed by atoms with Crippen molar-refractivity contribution in [2.24, 2.45) is 0 Å². The number of carbonyl (C=O) groups is 1. The predicted octanol–water partition coefficient (Wildman–Crippen LogP) is 1.97. The zero-order valence-corrected chi connectivity index (χ0v) is 13.5. The molecule has 1 saturated carbocycles. The van der Waals surface area contributed by atoms with E-state index < -0.39 is 5.54 Å². The van der Waals surface area contributed by atoms with Gasteiger partial charge in [-0.2, -0.15) is 4.68 Å². The Morgan fingerprint density at radius 2 is 2.09 bits per heavy atom. The van der Waals surface area contributed by atoms with E-state index >= 15 is 0 Å². The Bertz CT molecular complexity index is 691. The number of hydrogen-bond donors (Lipinski definition) is 1. The first-order valence-corrected chi connectivity index (χ1v) is 7.87. The van der Waals surface area contributed by atoms with Crippen molar-refractivity contribution in [2.75, 3.05) is 7.11 Å². The Kier molecular flexibility index (Phi) is 4.27. The van der Waals surface area contributed by atoms with Gasteiger partial charge in [0.2, 0.25) is 5.91 Å². The molecule has 0 bridgehead atoms. The van der Waals surface area contributed by atoms with Gasteiger partial charge in [-0.3, -0.25) is 4.79 Å². The minimum atomic E-state index is -0.503. The number of benzene rings is 1. The van der Waals surface area contributed by atoms with Crippen LogP contribution in [0, 0.1) is 0 Å². The molecular weight excluding hydrogens is 294 g/mol. The number of amides is 1. The standard InChI is InChI=1S/C16H21N5O2/c1-12(22)17-16(9-4-3-5-10-16)15-18-19-20-21(15)13-7-6-8-14(11-13)23-2/h6-8,11H,3-5,9-10H2,1-2H3,(H,17,22). The van der Waals surface area contributed by atoms with Gasteiger partial charge in [0.05, 0.1) is 12.8 Å². The van der Waals surface area contributed by atoms with Crippen LogP contribution in [0.15, 0.2) is 24.3 Å². The molecule has 0 spiro atoms. The molecule has 7 heteroatoms. The van der Waals surface area contributed by atoms with Crippen molar-refractivity contribution >= 4 is 5.91 Å². The van der Waals surface area contributed by atoms with Gasteiger partial charge in [-0.05, 0) is 35.4 Å². The topological polar surface area (TPSA) is 81.9 Å². The third-order valence-electron chi connectivity index (χ3n) is 4.32. The SMILES string of the molecule is COc1cccc(-n2nnnc2C2(NC(C)=O)CCCCC2)c1. The lowest BCUT2D eigenvalue weighted by molar-refractivity contribution is -0.121. The molecule has 7 nitrogen and oxygen atoms in total. The van der Waals surface area contributed by atoms with Gasteiger partial charge in [-0.15, -0.1) is 5.10 Å². The Morgan fingerprint density at radius 3 is 2.78 bits per heavy atom. The molecule has 122 valence electrons. The number of nitrogens with one attached hydrogen (secondary N) is 1. The van der Waals surface area contributed by atoms with Gasteiger partial charge in [0, 0.05) is 13.0 Å². The van der Waals surface area contributed by atoms with Crippen molar-refractivity contribution in [2.45, 2.75) is 44.6 Å². The molecule has 0 saturated heterocycles. The quantitative estimate of drug-likeness (QED) is 0.932. The van der Waals surface area contributed by atoms with E-state index in [1.54, 1.807) is 11.8 Å². The maximum absolute atomic E-state index is 11.8. The van der Waals surface area contributed by atoms with Crippen molar-refractivity contribution in [1.82, 2.24) is 25.5 Å². The van der Waals surface area contributed by atoms with Crippen LogP contribution in [0.1, 0.15) is 44.9 Å². The molecule has 2 aromatic rings. The van der Waals surface area contributed by atoms with Gasteiger partial charge in [0.25, 0.3) is 0 Å². The third-order valence-corrected chi connectivity index (χ3v) is 4.32. The fourth-order valence-corrected chi connectivity index (χ4v) is 3.30. The molecule has 0 aliphatic heterocycles. The van der Waals surface area contributed by atoms with Gasteiger partial charge in [0.15, 0.2) is 5.82 Å². The number of hydrogen-bond acceptors (Lipinski definition) is 5. The van der Waals surface area contributed by atoms with Gasteiger partial charge in [-0.1, -0.05) is 25.3 Å². The molecule has 1 aromatic carbocycles. The summed E-state index contributed by atoms with van der Waals surface area (Å²) in [6, 6.07) is 7.57. The molecule has 0 atom stereocenters. The van der Waals surface area contributed by atoms with Crippen LogP contribution >= 0.6 is 0 Å². The molecule has 23 heavy (non-hydrogen) atoms. The normalized spacial score (nSPS) is 16.8. The maximum Gasteiger partial charge on any atom is 0.217 e. The summed E-state index contributed by atoms with van der Waals surface area (Å²) in [5.74, 6) is 1.36. The van der Waals surface area contributed by atoms with Gasteiger partial charge < -0.3 is 10.1 Å². The lowest BCUT2D eigenvalue weighted by Gasteiger charge is -2.36. The zero-order chi connectivity index (χ0) is 16.3. The average molecular weight is 315 g/mol. The summed E-state index contributed by atoms with van der Waals surface area (Å²) in [5.41, 5.74) is 0.316. The maximum atomic E-state index is 11.8. The molecule has 1 heterocycles.